The molecule has 2 rings (SSSR count). The second-order valence-corrected chi connectivity index (χ2v) is 7.79. The Hall–Kier alpha value is -2.27. The van der Waals surface area contributed by atoms with Gasteiger partial charge in [-0.2, -0.15) is 0 Å². The van der Waals surface area contributed by atoms with Crippen molar-refractivity contribution >= 4 is 62.5 Å². The van der Waals surface area contributed by atoms with Crippen LogP contribution >= 0.6 is 45.2 Å². The molecule has 0 aliphatic carbocycles. The number of phenolic OH excluding ortho intramolecular Hbond substituents is 1. The first-order valence-electron chi connectivity index (χ1n) is 7.31. The van der Waals surface area contributed by atoms with Gasteiger partial charge in [-0.25, -0.2) is 0 Å². The average molecular weight is 615 g/mol. The highest BCUT2D eigenvalue weighted by molar-refractivity contribution is 14.1. The van der Waals surface area contributed by atoms with Crippen molar-refractivity contribution in [3.05, 3.63) is 57.2 Å². The molecule has 148 valence electrons. The summed E-state index contributed by atoms with van der Waals surface area (Å²) in [4.78, 5) is 31.1. The minimum absolute atomic E-state index is 0.0811. The monoisotopic (exact) mass is 615 g/mol. The summed E-state index contributed by atoms with van der Waals surface area (Å²) in [7, 11) is 0. The van der Waals surface area contributed by atoms with E-state index >= 15 is 0 Å². The van der Waals surface area contributed by atoms with Crippen molar-refractivity contribution in [2.75, 3.05) is 0 Å². The number of hydrogen-bond donors (Lipinski definition) is 3. The number of rotatable bonds is 7. The average Bonchev–Trinajstić information content (AvgIpc) is 2.58. The molecule has 0 fully saturated rings. The van der Waals surface area contributed by atoms with Gasteiger partial charge in [0, 0.05) is 0 Å². The number of nitrogens with zero attached hydrogens (tertiary/aromatic N) is 2. The summed E-state index contributed by atoms with van der Waals surface area (Å²) in [5, 5.41) is 40.7. The molecule has 0 heterocycles. The molecule has 2 aromatic rings. The molecule has 0 aliphatic heterocycles. The minimum atomic E-state index is -1.14. The van der Waals surface area contributed by atoms with E-state index in [-0.39, 0.29) is 17.9 Å². The number of nitro benzene ring substituents is 2. The Kier molecular flexibility index (Phi) is 6.94. The molecule has 2 aromatic carbocycles. The minimum Gasteiger partial charge on any atom is -0.497 e. The summed E-state index contributed by atoms with van der Waals surface area (Å²) in [6.45, 7) is 0. The van der Waals surface area contributed by atoms with Gasteiger partial charge >= 0.3 is 17.3 Å². The number of carbonyl (C=O) groups is 1. The van der Waals surface area contributed by atoms with Gasteiger partial charge in [-0.3, -0.25) is 25.0 Å². The summed E-state index contributed by atoms with van der Waals surface area (Å²) in [5.74, 6) is -2.15. The molecule has 0 aliphatic rings. The number of nitrogens with two attached hydrogens (primary N) is 1. The predicted octanol–water partition coefficient (Wildman–Crippen LogP) is 3.16. The molecule has 4 N–H and O–H groups in total. The molecule has 0 saturated carbocycles. The zero-order valence-electron chi connectivity index (χ0n) is 13.7. The molecule has 1 atom stereocenters. The van der Waals surface area contributed by atoms with Gasteiger partial charge in [-0.1, -0.05) is 0 Å². The number of halogens is 2. The van der Waals surface area contributed by atoms with Crippen molar-refractivity contribution < 1.29 is 29.6 Å². The van der Waals surface area contributed by atoms with E-state index in [4.69, 9.17) is 15.6 Å². The Labute approximate surface area is 184 Å². The van der Waals surface area contributed by atoms with Gasteiger partial charge < -0.3 is 20.7 Å². The van der Waals surface area contributed by atoms with Crippen LogP contribution in [0, 0.1) is 27.4 Å². The molecule has 0 amide bonds. The van der Waals surface area contributed by atoms with Gasteiger partial charge in [0.05, 0.1) is 29.1 Å². The maximum Gasteiger partial charge on any atom is 0.321 e. The van der Waals surface area contributed by atoms with Crippen LogP contribution in [0.25, 0.3) is 0 Å². The highest BCUT2D eigenvalue weighted by atomic mass is 127. The van der Waals surface area contributed by atoms with E-state index in [0.29, 0.717) is 12.7 Å². The summed E-state index contributed by atoms with van der Waals surface area (Å²) in [6.07, 6.45) is 0.0811. The molecule has 28 heavy (non-hydrogen) atoms. The van der Waals surface area contributed by atoms with Gasteiger partial charge in [0.2, 0.25) is 0 Å². The van der Waals surface area contributed by atoms with E-state index in [2.05, 4.69) is 0 Å². The van der Waals surface area contributed by atoms with Crippen LogP contribution in [0.3, 0.4) is 0 Å². The number of benzene rings is 2. The van der Waals surface area contributed by atoms with Crippen LogP contribution in [0.4, 0.5) is 11.4 Å². The highest BCUT2D eigenvalue weighted by Gasteiger charge is 2.27. The van der Waals surface area contributed by atoms with Gasteiger partial charge in [-0.05, 0) is 69.3 Å². The lowest BCUT2D eigenvalue weighted by molar-refractivity contribution is -0.396. The van der Waals surface area contributed by atoms with Gasteiger partial charge in [-0.15, -0.1) is 0 Å². The number of hydrogen-bond acceptors (Lipinski definition) is 8. The van der Waals surface area contributed by atoms with E-state index in [9.17, 15) is 30.1 Å². The first kappa shape index (κ1) is 22.0. The fraction of sp³-hybridized carbons (Fsp3) is 0.133. The van der Waals surface area contributed by atoms with Crippen LogP contribution in [-0.2, 0) is 11.2 Å². The zero-order valence-corrected chi connectivity index (χ0v) is 18.0. The fourth-order valence-electron chi connectivity index (χ4n) is 2.20. The normalized spacial score (nSPS) is 11.7. The van der Waals surface area contributed by atoms with Crippen LogP contribution in [-0.4, -0.2) is 32.1 Å². The van der Waals surface area contributed by atoms with Crippen molar-refractivity contribution in [3.8, 4) is 17.2 Å². The molecule has 0 aromatic heterocycles. The lowest BCUT2D eigenvalue weighted by atomic mass is 10.1. The third-order valence-corrected chi connectivity index (χ3v) is 5.09. The molecular weight excluding hydrogens is 604 g/mol. The van der Waals surface area contributed by atoms with E-state index in [1.54, 1.807) is 12.1 Å². The lowest BCUT2D eigenvalue weighted by Crippen LogP contribution is -2.32. The van der Waals surface area contributed by atoms with Gasteiger partial charge in [0.15, 0.2) is 5.75 Å². The van der Waals surface area contributed by atoms with Gasteiger partial charge in [0.1, 0.15) is 11.8 Å². The Morgan fingerprint density at radius 1 is 1.11 bits per heavy atom. The Balaban J connectivity index is 2.44. The SMILES string of the molecule is N[C@@H](Cc1cc(I)c(Oc2cc([N+](=O)[O-])c(O)c([N+](=O)[O-])c2)c(I)c1)C(=O)O. The maximum absolute atomic E-state index is 11.0. The van der Waals surface area contributed by atoms with Crippen LogP contribution in [0.1, 0.15) is 5.56 Å². The number of carboxylic acids is 1. The smallest absolute Gasteiger partial charge is 0.321 e. The maximum atomic E-state index is 11.0. The van der Waals surface area contributed by atoms with Gasteiger partial charge in [0.25, 0.3) is 5.75 Å². The van der Waals surface area contributed by atoms with E-state index in [1.807, 2.05) is 45.2 Å². The molecule has 13 heteroatoms. The van der Waals surface area contributed by atoms with Crippen molar-refractivity contribution in [2.45, 2.75) is 12.5 Å². The Morgan fingerprint density at radius 2 is 1.57 bits per heavy atom. The van der Waals surface area contributed by atoms with Crippen LogP contribution in [0.15, 0.2) is 24.3 Å². The van der Waals surface area contributed by atoms with E-state index < -0.39 is 39.0 Å². The lowest BCUT2D eigenvalue weighted by Gasteiger charge is -2.13. The molecular formula is C15H11I2N3O8. The largest absolute Gasteiger partial charge is 0.497 e. The Bertz CT molecular complexity index is 924. The second kappa shape index (κ2) is 8.82. The fourth-order valence-corrected chi connectivity index (χ4v) is 4.32. The number of phenols is 1. The third kappa shape index (κ3) is 4.96. The summed E-state index contributed by atoms with van der Waals surface area (Å²) in [6, 6.07) is 3.93. The second-order valence-electron chi connectivity index (χ2n) is 5.46. The number of ether oxygens (including phenoxy) is 1. The quantitative estimate of drug-likeness (QED) is 0.240. The van der Waals surface area contributed by atoms with E-state index in [0.717, 1.165) is 12.1 Å². The number of nitro groups is 2. The number of aromatic hydroxyl groups is 1. The molecule has 11 nitrogen and oxygen atoms in total. The number of carboxylic acid groups (broad SMARTS) is 1. The molecule has 0 radical (unpaired) electrons. The number of aliphatic carboxylic acids is 1. The van der Waals surface area contributed by atoms with Crippen molar-refractivity contribution in [1.82, 2.24) is 0 Å². The molecule has 0 unspecified atom stereocenters. The Morgan fingerprint density at radius 3 is 1.96 bits per heavy atom. The summed E-state index contributed by atoms with van der Waals surface area (Å²) < 4.78 is 6.68. The van der Waals surface area contributed by atoms with Crippen molar-refractivity contribution in [1.29, 1.82) is 0 Å². The van der Waals surface area contributed by atoms with Crippen LogP contribution < -0.4 is 10.5 Å². The third-order valence-electron chi connectivity index (χ3n) is 3.49. The molecule has 0 saturated heterocycles. The first-order chi connectivity index (χ1) is 13.0. The van der Waals surface area contributed by atoms with Crippen LogP contribution in [0.5, 0.6) is 17.2 Å². The van der Waals surface area contributed by atoms with E-state index in [1.165, 1.54) is 0 Å². The highest BCUT2D eigenvalue weighted by Crippen LogP contribution is 2.42. The summed E-state index contributed by atoms with van der Waals surface area (Å²) in [5.41, 5.74) is 4.44. The topological polar surface area (TPSA) is 179 Å². The van der Waals surface area contributed by atoms with Crippen molar-refractivity contribution in [3.63, 3.8) is 0 Å². The summed E-state index contributed by atoms with van der Waals surface area (Å²) >= 11 is 3.84. The van der Waals surface area contributed by atoms with Crippen molar-refractivity contribution in [2.24, 2.45) is 5.73 Å². The standard InChI is InChI=1S/C15H11I2N3O8/c16-8-1-6(3-10(18)15(22)23)2-9(17)14(8)28-7-4-11(19(24)25)13(21)12(5-7)20(26)27/h1-2,4-5,10,21H,3,18H2,(H,22,23)/t10-/m0/s1. The molecule has 0 spiro atoms. The first-order valence-corrected chi connectivity index (χ1v) is 9.47. The zero-order chi connectivity index (χ0) is 21.2. The van der Waals surface area contributed by atoms with Crippen LogP contribution in [0.2, 0.25) is 0 Å². The molecule has 0 bridgehead atoms. The predicted molar refractivity (Wildman–Crippen MR) is 113 cm³/mol.